The Kier molecular flexibility index (Phi) is 3.16. The van der Waals surface area contributed by atoms with Gasteiger partial charge in [0.1, 0.15) is 5.82 Å². The third-order valence-corrected chi connectivity index (χ3v) is 2.85. The molecule has 0 aliphatic carbocycles. The topological polar surface area (TPSA) is 32.3 Å². The molecule has 15 heavy (non-hydrogen) atoms. The van der Waals surface area contributed by atoms with Gasteiger partial charge in [-0.05, 0) is 26.9 Å². The molecule has 1 aliphatic heterocycles. The largest absolute Gasteiger partial charge is 0.368 e. The van der Waals surface area contributed by atoms with Crippen molar-refractivity contribution in [1.82, 2.24) is 14.9 Å². The maximum Gasteiger partial charge on any atom is 0.125 e. The van der Waals surface area contributed by atoms with Crippen LogP contribution in [0.4, 0.5) is 5.69 Å². The summed E-state index contributed by atoms with van der Waals surface area (Å²) >= 11 is 0. The van der Waals surface area contributed by atoms with Crippen molar-refractivity contribution in [2.75, 3.05) is 38.1 Å². The van der Waals surface area contributed by atoms with Crippen molar-refractivity contribution >= 4 is 5.69 Å². The summed E-state index contributed by atoms with van der Waals surface area (Å²) in [6.45, 7) is 6.40. The van der Waals surface area contributed by atoms with Gasteiger partial charge in [0.05, 0.1) is 18.1 Å². The maximum absolute atomic E-state index is 4.24. The molecule has 1 fully saturated rings. The molecule has 4 nitrogen and oxygen atoms in total. The van der Waals surface area contributed by atoms with E-state index >= 15 is 0 Å². The van der Waals surface area contributed by atoms with E-state index in [0.29, 0.717) is 0 Å². The van der Waals surface area contributed by atoms with E-state index in [9.17, 15) is 0 Å². The van der Waals surface area contributed by atoms with Gasteiger partial charge >= 0.3 is 0 Å². The molecule has 0 saturated carbocycles. The lowest BCUT2D eigenvalue weighted by atomic mass is 10.3. The minimum absolute atomic E-state index is 0.839. The van der Waals surface area contributed by atoms with Gasteiger partial charge in [0.25, 0.3) is 0 Å². The van der Waals surface area contributed by atoms with E-state index in [1.54, 1.807) is 0 Å². The average Bonchev–Trinajstić information content (AvgIpc) is 2.44. The van der Waals surface area contributed by atoms with Crippen molar-refractivity contribution in [2.24, 2.45) is 0 Å². The summed E-state index contributed by atoms with van der Waals surface area (Å²) in [7, 11) is 2.18. The summed E-state index contributed by atoms with van der Waals surface area (Å²) in [5.74, 6) is 0.839. The quantitative estimate of drug-likeness (QED) is 0.684. The number of hydrogen-bond donors (Lipinski definition) is 0. The molecular formula is C11H18N4. The lowest BCUT2D eigenvalue weighted by Gasteiger charge is -2.21. The number of likely N-dealkylation sites (N-methyl/N-ethyl adjacent to an activating group) is 1. The zero-order valence-electron chi connectivity index (χ0n) is 9.48. The van der Waals surface area contributed by atoms with Gasteiger partial charge in [-0.3, -0.25) is 0 Å². The number of nitrogens with zero attached hydrogens (tertiary/aromatic N) is 4. The highest BCUT2D eigenvalue weighted by Crippen LogP contribution is 2.13. The molecule has 4 heteroatoms. The second-order valence-corrected chi connectivity index (χ2v) is 4.13. The Bertz CT molecular complexity index is 309. The van der Waals surface area contributed by atoms with Crippen LogP contribution in [-0.4, -0.2) is 48.1 Å². The third kappa shape index (κ3) is 2.65. The van der Waals surface area contributed by atoms with Crippen LogP contribution in [0.25, 0.3) is 0 Å². The van der Waals surface area contributed by atoms with Gasteiger partial charge in [-0.2, -0.15) is 0 Å². The van der Waals surface area contributed by atoms with E-state index in [0.717, 1.165) is 31.1 Å². The third-order valence-electron chi connectivity index (χ3n) is 2.85. The van der Waals surface area contributed by atoms with Crippen LogP contribution in [-0.2, 0) is 0 Å². The van der Waals surface area contributed by atoms with Crippen LogP contribution in [0.1, 0.15) is 12.2 Å². The second kappa shape index (κ2) is 4.57. The van der Waals surface area contributed by atoms with Crippen molar-refractivity contribution in [1.29, 1.82) is 0 Å². The van der Waals surface area contributed by atoms with Crippen LogP contribution in [0, 0.1) is 6.92 Å². The van der Waals surface area contributed by atoms with Crippen molar-refractivity contribution in [3.05, 3.63) is 18.2 Å². The summed E-state index contributed by atoms with van der Waals surface area (Å²) in [5.41, 5.74) is 1.15. The van der Waals surface area contributed by atoms with E-state index in [1.165, 1.54) is 13.0 Å². The Labute approximate surface area is 90.9 Å². The normalized spacial score (nSPS) is 18.9. The molecule has 0 atom stereocenters. The van der Waals surface area contributed by atoms with Gasteiger partial charge in [-0.25, -0.2) is 9.97 Å². The van der Waals surface area contributed by atoms with Crippen LogP contribution in [0.15, 0.2) is 12.4 Å². The summed E-state index contributed by atoms with van der Waals surface area (Å²) in [5, 5.41) is 0. The average molecular weight is 206 g/mol. The standard InChI is InChI=1S/C11H18N4/c1-10-12-8-11(9-13-10)15-5-3-4-14(2)6-7-15/h8-9H,3-7H2,1-2H3. The van der Waals surface area contributed by atoms with Gasteiger partial charge in [-0.15, -0.1) is 0 Å². The molecular weight excluding hydrogens is 188 g/mol. The lowest BCUT2D eigenvalue weighted by molar-refractivity contribution is 0.360. The molecule has 0 amide bonds. The zero-order chi connectivity index (χ0) is 10.7. The lowest BCUT2D eigenvalue weighted by Crippen LogP contribution is -2.28. The van der Waals surface area contributed by atoms with Crippen LogP contribution < -0.4 is 4.90 Å². The van der Waals surface area contributed by atoms with E-state index in [4.69, 9.17) is 0 Å². The molecule has 1 aromatic heterocycles. The zero-order valence-corrected chi connectivity index (χ0v) is 9.48. The predicted octanol–water partition coefficient (Wildman–Crippen LogP) is 0.927. The summed E-state index contributed by atoms with van der Waals surface area (Å²) < 4.78 is 0. The summed E-state index contributed by atoms with van der Waals surface area (Å²) in [6, 6.07) is 0. The Hall–Kier alpha value is -1.16. The first-order valence-electron chi connectivity index (χ1n) is 5.48. The molecule has 2 heterocycles. The van der Waals surface area contributed by atoms with Crippen LogP contribution >= 0.6 is 0 Å². The number of anilines is 1. The molecule has 1 aliphatic rings. The van der Waals surface area contributed by atoms with Gasteiger partial charge in [0, 0.05) is 19.6 Å². The summed E-state index contributed by atoms with van der Waals surface area (Å²) in [6.07, 6.45) is 5.06. The molecule has 0 unspecified atom stereocenters. The first-order chi connectivity index (χ1) is 7.25. The van der Waals surface area contributed by atoms with Crippen molar-refractivity contribution < 1.29 is 0 Å². The number of hydrogen-bond acceptors (Lipinski definition) is 4. The van der Waals surface area contributed by atoms with Crippen LogP contribution in [0.3, 0.4) is 0 Å². The second-order valence-electron chi connectivity index (χ2n) is 4.13. The van der Waals surface area contributed by atoms with Crippen LogP contribution in [0.2, 0.25) is 0 Å². The molecule has 0 aromatic carbocycles. The van der Waals surface area contributed by atoms with Crippen molar-refractivity contribution in [3.63, 3.8) is 0 Å². The monoisotopic (exact) mass is 206 g/mol. The van der Waals surface area contributed by atoms with Crippen LogP contribution in [0.5, 0.6) is 0 Å². The predicted molar refractivity (Wildman–Crippen MR) is 61.1 cm³/mol. The Morgan fingerprint density at radius 3 is 2.53 bits per heavy atom. The fourth-order valence-electron chi connectivity index (χ4n) is 1.85. The van der Waals surface area contributed by atoms with Gasteiger partial charge < -0.3 is 9.80 Å². The Morgan fingerprint density at radius 1 is 1.07 bits per heavy atom. The molecule has 1 saturated heterocycles. The molecule has 2 rings (SSSR count). The molecule has 82 valence electrons. The fourth-order valence-corrected chi connectivity index (χ4v) is 1.85. The van der Waals surface area contributed by atoms with E-state index in [2.05, 4.69) is 26.8 Å². The van der Waals surface area contributed by atoms with Gasteiger partial charge in [-0.1, -0.05) is 0 Å². The Morgan fingerprint density at radius 2 is 1.80 bits per heavy atom. The van der Waals surface area contributed by atoms with E-state index in [-0.39, 0.29) is 0 Å². The van der Waals surface area contributed by atoms with Gasteiger partial charge in [0.15, 0.2) is 0 Å². The molecule has 0 radical (unpaired) electrons. The summed E-state index contributed by atoms with van der Waals surface area (Å²) in [4.78, 5) is 13.2. The SMILES string of the molecule is Cc1ncc(N2CCCN(C)CC2)cn1. The minimum atomic E-state index is 0.839. The van der Waals surface area contributed by atoms with E-state index < -0.39 is 0 Å². The highest BCUT2D eigenvalue weighted by molar-refractivity contribution is 5.41. The van der Waals surface area contributed by atoms with Gasteiger partial charge in [0.2, 0.25) is 0 Å². The Balaban J connectivity index is 2.06. The number of rotatable bonds is 1. The maximum atomic E-state index is 4.24. The molecule has 0 N–H and O–H groups in total. The van der Waals surface area contributed by atoms with Crippen molar-refractivity contribution in [2.45, 2.75) is 13.3 Å². The highest BCUT2D eigenvalue weighted by Gasteiger charge is 2.12. The highest BCUT2D eigenvalue weighted by atomic mass is 15.2. The first-order valence-corrected chi connectivity index (χ1v) is 5.48. The first kappa shape index (κ1) is 10.4. The van der Waals surface area contributed by atoms with E-state index in [1.807, 2.05) is 19.3 Å². The van der Waals surface area contributed by atoms with Crippen molar-refractivity contribution in [3.8, 4) is 0 Å². The number of aromatic nitrogens is 2. The molecule has 0 spiro atoms. The smallest absolute Gasteiger partial charge is 0.125 e. The fraction of sp³-hybridized carbons (Fsp3) is 0.636. The molecule has 1 aromatic rings. The molecule has 0 bridgehead atoms. The number of aryl methyl sites for hydroxylation is 1. The minimum Gasteiger partial charge on any atom is -0.368 e.